The van der Waals surface area contributed by atoms with Gasteiger partial charge in [-0.2, -0.15) is 0 Å². The lowest BCUT2D eigenvalue weighted by atomic mass is 9.95. The molecule has 9 nitrogen and oxygen atoms in total. The van der Waals surface area contributed by atoms with Crippen LogP contribution in [0.5, 0.6) is 0 Å². The van der Waals surface area contributed by atoms with Crippen LogP contribution in [0.3, 0.4) is 0 Å². The molecular weight excluding hydrogens is 402 g/mol. The third-order valence-corrected chi connectivity index (χ3v) is 4.88. The molecule has 0 spiro atoms. The normalized spacial score (nSPS) is 12.8. The van der Waals surface area contributed by atoms with Crippen LogP contribution in [-0.2, 0) is 20.9 Å². The molecule has 0 fully saturated rings. The van der Waals surface area contributed by atoms with Gasteiger partial charge in [0.25, 0.3) is 5.91 Å². The molecule has 9 heteroatoms. The summed E-state index contributed by atoms with van der Waals surface area (Å²) >= 11 is 0. The van der Waals surface area contributed by atoms with Gasteiger partial charge < -0.3 is 15.7 Å². The van der Waals surface area contributed by atoms with Gasteiger partial charge in [0.1, 0.15) is 5.92 Å². The molecule has 0 aliphatic rings. The summed E-state index contributed by atoms with van der Waals surface area (Å²) in [5.74, 6) is -3.65. The molecule has 0 aliphatic heterocycles. The van der Waals surface area contributed by atoms with Crippen LogP contribution < -0.4 is 16.1 Å². The molecule has 1 rings (SSSR count). The number of carbonyl (C=O) groups excluding carboxylic acids is 3. The highest BCUT2D eigenvalue weighted by Gasteiger charge is 2.28. The van der Waals surface area contributed by atoms with Crippen LogP contribution in [0.1, 0.15) is 62.4 Å². The average Bonchev–Trinajstić information content (AvgIpc) is 2.75. The smallest absolute Gasteiger partial charge is 0.335 e. The second-order valence-electron chi connectivity index (χ2n) is 7.92. The molecule has 31 heavy (non-hydrogen) atoms. The third kappa shape index (κ3) is 9.27. The second kappa shape index (κ2) is 13.5. The zero-order valence-electron chi connectivity index (χ0n) is 18.3. The van der Waals surface area contributed by atoms with Gasteiger partial charge in [-0.15, -0.1) is 0 Å². The fourth-order valence-electron chi connectivity index (χ4n) is 3.09. The van der Waals surface area contributed by atoms with Crippen LogP contribution >= 0.6 is 0 Å². The summed E-state index contributed by atoms with van der Waals surface area (Å²) in [6, 6.07) is 5.88. The standard InChI is InChI=1S/C22H33N3O6/c1-4-5-6-18(23-12-15-7-9-16(10-8-15)22(29)30)19(26)13-24-20(27)17(11-14(2)3)21(28)25-31/h7-10,14,17-18,23,31H,4-6,11-13H2,1-3H3,(H,24,27)(H,25,28)(H,29,30). The lowest BCUT2D eigenvalue weighted by molar-refractivity contribution is -0.142. The maximum Gasteiger partial charge on any atom is 0.335 e. The van der Waals surface area contributed by atoms with Crippen LogP contribution in [0.25, 0.3) is 0 Å². The quantitative estimate of drug-likeness (QED) is 0.170. The Balaban J connectivity index is 2.70. The number of carboxylic acid groups (broad SMARTS) is 1. The van der Waals surface area contributed by atoms with Crippen molar-refractivity contribution in [3.63, 3.8) is 0 Å². The first kappa shape index (κ1) is 26.3. The summed E-state index contributed by atoms with van der Waals surface area (Å²) in [4.78, 5) is 47.8. The predicted molar refractivity (Wildman–Crippen MR) is 114 cm³/mol. The Morgan fingerprint density at radius 2 is 1.68 bits per heavy atom. The van der Waals surface area contributed by atoms with Crippen molar-refractivity contribution in [1.29, 1.82) is 0 Å². The topological polar surface area (TPSA) is 145 Å². The van der Waals surface area contributed by atoms with E-state index in [0.717, 1.165) is 18.4 Å². The van der Waals surface area contributed by atoms with Crippen molar-refractivity contribution in [1.82, 2.24) is 16.1 Å². The molecule has 1 aromatic rings. The van der Waals surface area contributed by atoms with Gasteiger partial charge in [0.2, 0.25) is 5.91 Å². The van der Waals surface area contributed by atoms with Gasteiger partial charge in [-0.3, -0.25) is 19.6 Å². The summed E-state index contributed by atoms with van der Waals surface area (Å²) < 4.78 is 0. The van der Waals surface area contributed by atoms with Crippen LogP contribution in [0.15, 0.2) is 24.3 Å². The van der Waals surface area contributed by atoms with E-state index in [1.54, 1.807) is 12.1 Å². The van der Waals surface area contributed by atoms with Crippen molar-refractivity contribution in [3.05, 3.63) is 35.4 Å². The first-order valence-electron chi connectivity index (χ1n) is 10.5. The number of aromatic carboxylic acids is 1. The van der Waals surface area contributed by atoms with Crippen LogP contribution in [0.2, 0.25) is 0 Å². The van der Waals surface area contributed by atoms with E-state index in [2.05, 4.69) is 10.6 Å². The number of Topliss-reactive ketones (excluding diaryl/α,β-unsaturated/α-hetero) is 1. The van der Waals surface area contributed by atoms with E-state index in [1.807, 2.05) is 20.8 Å². The maximum absolute atomic E-state index is 12.7. The number of ketones is 1. The number of unbranched alkanes of at least 4 members (excludes halogenated alkanes) is 1. The van der Waals surface area contributed by atoms with E-state index >= 15 is 0 Å². The SMILES string of the molecule is CCCCC(NCc1ccc(C(=O)O)cc1)C(=O)CNC(=O)C(CC(C)C)C(=O)NO. The van der Waals surface area contributed by atoms with Crippen LogP contribution in [0.4, 0.5) is 0 Å². The first-order chi connectivity index (χ1) is 14.7. The molecule has 0 heterocycles. The lowest BCUT2D eigenvalue weighted by Crippen LogP contribution is -2.46. The first-order valence-corrected chi connectivity index (χ1v) is 10.5. The molecule has 0 bridgehead atoms. The number of hydrogen-bond acceptors (Lipinski definition) is 6. The highest BCUT2D eigenvalue weighted by atomic mass is 16.5. The lowest BCUT2D eigenvalue weighted by Gasteiger charge is -2.20. The monoisotopic (exact) mass is 435 g/mol. The Bertz CT molecular complexity index is 748. The zero-order chi connectivity index (χ0) is 23.4. The number of hydrogen-bond donors (Lipinski definition) is 5. The Morgan fingerprint density at radius 1 is 1.03 bits per heavy atom. The Morgan fingerprint density at radius 3 is 2.19 bits per heavy atom. The molecule has 172 valence electrons. The van der Waals surface area contributed by atoms with Crippen LogP contribution in [0, 0.1) is 11.8 Å². The molecular formula is C22H33N3O6. The number of amides is 2. The molecule has 0 saturated heterocycles. The zero-order valence-corrected chi connectivity index (χ0v) is 18.3. The summed E-state index contributed by atoms with van der Waals surface area (Å²) in [5.41, 5.74) is 2.53. The van der Waals surface area contributed by atoms with Crippen molar-refractivity contribution in [2.45, 2.75) is 59.0 Å². The number of nitrogens with one attached hydrogen (secondary N) is 3. The van der Waals surface area contributed by atoms with Gasteiger partial charge in [-0.1, -0.05) is 45.7 Å². The summed E-state index contributed by atoms with van der Waals surface area (Å²) in [7, 11) is 0. The number of rotatable bonds is 14. The molecule has 1 aromatic carbocycles. The number of benzene rings is 1. The van der Waals surface area contributed by atoms with E-state index in [4.69, 9.17) is 10.3 Å². The van der Waals surface area contributed by atoms with Gasteiger partial charge in [0.15, 0.2) is 5.78 Å². The van der Waals surface area contributed by atoms with Crippen molar-refractivity contribution in [3.8, 4) is 0 Å². The number of carbonyl (C=O) groups is 4. The van der Waals surface area contributed by atoms with Crippen LogP contribution in [-0.4, -0.2) is 46.5 Å². The summed E-state index contributed by atoms with van der Waals surface area (Å²) in [6.45, 7) is 5.86. The van der Waals surface area contributed by atoms with E-state index < -0.39 is 29.7 Å². The highest BCUT2D eigenvalue weighted by Crippen LogP contribution is 2.12. The van der Waals surface area contributed by atoms with E-state index in [1.165, 1.54) is 17.6 Å². The molecule has 0 aromatic heterocycles. The molecule has 2 amide bonds. The fraction of sp³-hybridized carbons (Fsp3) is 0.545. The fourth-order valence-corrected chi connectivity index (χ4v) is 3.09. The van der Waals surface area contributed by atoms with E-state index in [-0.39, 0.29) is 30.2 Å². The molecule has 0 radical (unpaired) electrons. The Kier molecular flexibility index (Phi) is 11.4. The number of carboxylic acids is 1. The van der Waals surface area contributed by atoms with Gasteiger partial charge in [0, 0.05) is 6.54 Å². The van der Waals surface area contributed by atoms with Gasteiger partial charge in [0.05, 0.1) is 18.2 Å². The van der Waals surface area contributed by atoms with Gasteiger partial charge in [-0.25, -0.2) is 10.3 Å². The molecule has 2 atom stereocenters. The van der Waals surface area contributed by atoms with Crippen molar-refractivity contribution in [2.24, 2.45) is 11.8 Å². The Labute approximate surface area is 182 Å². The number of hydroxylamine groups is 1. The largest absolute Gasteiger partial charge is 0.478 e. The van der Waals surface area contributed by atoms with E-state index in [0.29, 0.717) is 13.0 Å². The molecule has 5 N–H and O–H groups in total. The van der Waals surface area contributed by atoms with Crippen molar-refractivity contribution >= 4 is 23.6 Å². The second-order valence-corrected chi connectivity index (χ2v) is 7.92. The minimum atomic E-state index is -1.08. The maximum atomic E-state index is 12.7. The summed E-state index contributed by atoms with van der Waals surface area (Å²) in [5, 5.41) is 23.5. The predicted octanol–water partition coefficient (Wildman–Crippen LogP) is 1.89. The third-order valence-electron chi connectivity index (χ3n) is 4.88. The Hall–Kier alpha value is -2.78. The van der Waals surface area contributed by atoms with E-state index in [9.17, 15) is 19.2 Å². The minimum absolute atomic E-state index is 0.0511. The molecule has 0 aliphatic carbocycles. The summed E-state index contributed by atoms with van der Waals surface area (Å²) in [6.07, 6.45) is 2.55. The average molecular weight is 436 g/mol. The van der Waals surface area contributed by atoms with Crippen molar-refractivity contribution in [2.75, 3.05) is 6.54 Å². The van der Waals surface area contributed by atoms with Crippen molar-refractivity contribution < 1.29 is 29.5 Å². The molecule has 2 unspecified atom stereocenters. The van der Waals surface area contributed by atoms with Gasteiger partial charge >= 0.3 is 5.97 Å². The van der Waals surface area contributed by atoms with Gasteiger partial charge in [-0.05, 0) is 36.5 Å². The highest BCUT2D eigenvalue weighted by molar-refractivity contribution is 6.01. The minimum Gasteiger partial charge on any atom is -0.478 e. The molecule has 0 saturated carbocycles.